The summed E-state index contributed by atoms with van der Waals surface area (Å²) in [5, 5.41) is 5.76. The average molecular weight is 339 g/mol. The van der Waals surface area contributed by atoms with Crippen LogP contribution in [0.5, 0.6) is 0 Å². The molecule has 1 saturated heterocycles. The van der Waals surface area contributed by atoms with Gasteiger partial charge in [0.2, 0.25) is 11.8 Å². The molecule has 1 fully saturated rings. The Bertz CT molecular complexity index is 477. The van der Waals surface area contributed by atoms with Crippen molar-refractivity contribution in [1.82, 2.24) is 10.6 Å². The molecule has 4 nitrogen and oxygen atoms in total. The van der Waals surface area contributed by atoms with Crippen LogP contribution >= 0.6 is 15.9 Å². The van der Waals surface area contributed by atoms with E-state index in [2.05, 4.69) is 26.6 Å². The van der Waals surface area contributed by atoms with Gasteiger partial charge >= 0.3 is 0 Å². The van der Waals surface area contributed by atoms with Crippen molar-refractivity contribution in [3.05, 3.63) is 34.3 Å². The third kappa shape index (κ3) is 4.34. The highest BCUT2D eigenvalue weighted by molar-refractivity contribution is 9.10. The normalized spacial score (nSPS) is 20.1. The first-order valence-corrected chi connectivity index (χ1v) is 7.65. The third-order valence-corrected chi connectivity index (χ3v) is 4.01. The summed E-state index contributed by atoms with van der Waals surface area (Å²) in [5.74, 6) is -0.0216. The van der Waals surface area contributed by atoms with Gasteiger partial charge in [0.05, 0.1) is 5.92 Å². The lowest BCUT2D eigenvalue weighted by Crippen LogP contribution is -2.45. The van der Waals surface area contributed by atoms with E-state index in [1.165, 1.54) is 5.56 Å². The number of benzene rings is 1. The fourth-order valence-electron chi connectivity index (χ4n) is 2.34. The molecule has 0 aliphatic carbocycles. The molecular weight excluding hydrogens is 320 g/mol. The van der Waals surface area contributed by atoms with Crippen LogP contribution in [0.4, 0.5) is 0 Å². The summed E-state index contributed by atoms with van der Waals surface area (Å²) in [4.78, 5) is 23.2. The van der Waals surface area contributed by atoms with Crippen molar-refractivity contribution in [3.8, 4) is 0 Å². The van der Waals surface area contributed by atoms with Crippen LogP contribution in [-0.2, 0) is 16.0 Å². The average Bonchev–Trinajstić information content (AvgIpc) is 2.42. The van der Waals surface area contributed by atoms with E-state index >= 15 is 0 Å². The van der Waals surface area contributed by atoms with Crippen LogP contribution in [0.1, 0.15) is 25.3 Å². The second kappa shape index (κ2) is 6.88. The minimum atomic E-state index is -0.0972. The van der Waals surface area contributed by atoms with Crippen LogP contribution in [0.3, 0.4) is 0 Å². The van der Waals surface area contributed by atoms with Crippen molar-refractivity contribution < 1.29 is 9.59 Å². The van der Waals surface area contributed by atoms with E-state index < -0.39 is 0 Å². The van der Waals surface area contributed by atoms with E-state index in [0.717, 1.165) is 10.9 Å². The monoisotopic (exact) mass is 338 g/mol. The molecule has 0 saturated carbocycles. The molecule has 2 amide bonds. The van der Waals surface area contributed by atoms with Crippen LogP contribution in [0, 0.1) is 5.92 Å². The number of nitrogens with one attached hydrogen (secondary N) is 2. The molecular formula is C15H19BrN2O2. The molecule has 1 heterocycles. The van der Waals surface area contributed by atoms with E-state index in [-0.39, 0.29) is 23.8 Å². The Morgan fingerprint density at radius 3 is 2.75 bits per heavy atom. The molecule has 0 radical (unpaired) electrons. The Morgan fingerprint density at radius 2 is 2.15 bits per heavy atom. The quantitative estimate of drug-likeness (QED) is 0.882. The van der Waals surface area contributed by atoms with Crippen LogP contribution in [0.25, 0.3) is 0 Å². The zero-order chi connectivity index (χ0) is 14.5. The minimum Gasteiger partial charge on any atom is -0.355 e. The Kier molecular flexibility index (Phi) is 5.17. The molecule has 1 aromatic rings. The Morgan fingerprint density at radius 1 is 1.45 bits per heavy atom. The highest BCUT2D eigenvalue weighted by Gasteiger charge is 2.25. The van der Waals surface area contributed by atoms with E-state index in [9.17, 15) is 9.59 Å². The number of carbonyl (C=O) groups is 2. The van der Waals surface area contributed by atoms with Gasteiger partial charge in [-0.15, -0.1) is 0 Å². The van der Waals surface area contributed by atoms with E-state index in [1.807, 2.05) is 31.2 Å². The predicted molar refractivity (Wildman–Crippen MR) is 81.2 cm³/mol. The van der Waals surface area contributed by atoms with Gasteiger partial charge in [0.1, 0.15) is 0 Å². The number of halogens is 1. The van der Waals surface area contributed by atoms with Crippen molar-refractivity contribution >= 4 is 27.7 Å². The molecule has 2 N–H and O–H groups in total. The molecule has 5 heteroatoms. The lowest BCUT2D eigenvalue weighted by Gasteiger charge is -2.23. The molecule has 108 valence electrons. The first kappa shape index (κ1) is 15.0. The fourth-order valence-corrected chi connectivity index (χ4v) is 2.61. The van der Waals surface area contributed by atoms with Crippen molar-refractivity contribution in [2.75, 3.05) is 6.54 Å². The van der Waals surface area contributed by atoms with Crippen LogP contribution in [0.15, 0.2) is 28.7 Å². The summed E-state index contributed by atoms with van der Waals surface area (Å²) in [6, 6.07) is 8.18. The van der Waals surface area contributed by atoms with Crippen LogP contribution in [0.2, 0.25) is 0 Å². The molecule has 0 bridgehead atoms. The lowest BCUT2D eigenvalue weighted by molar-refractivity contribution is -0.129. The first-order valence-electron chi connectivity index (χ1n) is 6.86. The zero-order valence-electron chi connectivity index (χ0n) is 11.5. The summed E-state index contributed by atoms with van der Waals surface area (Å²) in [5.41, 5.74) is 1.19. The van der Waals surface area contributed by atoms with Gasteiger partial charge in [0, 0.05) is 23.5 Å². The number of piperidine rings is 1. The standard InChI is InChI=1S/C15H19BrN2O2/c1-10(8-11-2-5-13(16)6-3-11)18-15(20)12-4-7-14(19)17-9-12/h2-3,5-6,10,12H,4,7-9H2,1H3,(H,17,19)(H,18,20). The molecule has 0 spiro atoms. The molecule has 0 aromatic heterocycles. The maximum absolute atomic E-state index is 12.1. The summed E-state index contributed by atoms with van der Waals surface area (Å²) >= 11 is 3.40. The Balaban J connectivity index is 1.81. The van der Waals surface area contributed by atoms with Crippen molar-refractivity contribution in [2.45, 2.75) is 32.2 Å². The molecule has 1 aromatic carbocycles. The second-order valence-corrected chi connectivity index (χ2v) is 6.20. The van der Waals surface area contributed by atoms with Gasteiger partial charge in [0.25, 0.3) is 0 Å². The maximum Gasteiger partial charge on any atom is 0.225 e. The summed E-state index contributed by atoms with van der Waals surface area (Å²) < 4.78 is 1.05. The Hall–Kier alpha value is -1.36. The molecule has 2 atom stereocenters. The van der Waals surface area contributed by atoms with E-state index in [4.69, 9.17) is 0 Å². The number of hydrogen-bond donors (Lipinski definition) is 2. The fraction of sp³-hybridized carbons (Fsp3) is 0.467. The minimum absolute atomic E-state index is 0.0367. The van der Waals surface area contributed by atoms with Crippen LogP contribution in [-0.4, -0.2) is 24.4 Å². The molecule has 1 aliphatic rings. The molecule has 2 unspecified atom stereocenters. The van der Waals surface area contributed by atoms with Gasteiger partial charge in [-0.1, -0.05) is 28.1 Å². The van der Waals surface area contributed by atoms with Crippen molar-refractivity contribution in [2.24, 2.45) is 5.92 Å². The number of amides is 2. The number of carbonyl (C=O) groups excluding carboxylic acids is 2. The topological polar surface area (TPSA) is 58.2 Å². The summed E-state index contributed by atoms with van der Waals surface area (Å²) in [6.45, 7) is 2.46. The van der Waals surface area contributed by atoms with E-state index in [1.54, 1.807) is 0 Å². The van der Waals surface area contributed by atoms with Crippen molar-refractivity contribution in [1.29, 1.82) is 0 Å². The summed E-state index contributed by atoms with van der Waals surface area (Å²) in [6.07, 6.45) is 1.89. The molecule has 1 aliphatic heterocycles. The smallest absolute Gasteiger partial charge is 0.225 e. The largest absolute Gasteiger partial charge is 0.355 e. The first-order chi connectivity index (χ1) is 9.54. The van der Waals surface area contributed by atoms with Gasteiger partial charge in [-0.25, -0.2) is 0 Å². The highest BCUT2D eigenvalue weighted by atomic mass is 79.9. The van der Waals surface area contributed by atoms with Gasteiger partial charge in [-0.05, 0) is 37.5 Å². The van der Waals surface area contributed by atoms with Gasteiger partial charge in [-0.3, -0.25) is 9.59 Å². The number of rotatable bonds is 4. The third-order valence-electron chi connectivity index (χ3n) is 3.48. The second-order valence-electron chi connectivity index (χ2n) is 5.28. The van der Waals surface area contributed by atoms with Crippen LogP contribution < -0.4 is 10.6 Å². The van der Waals surface area contributed by atoms with E-state index in [0.29, 0.717) is 19.4 Å². The molecule has 2 rings (SSSR count). The maximum atomic E-state index is 12.1. The highest BCUT2D eigenvalue weighted by Crippen LogP contribution is 2.13. The predicted octanol–water partition coefficient (Wildman–Crippen LogP) is 2.02. The summed E-state index contributed by atoms with van der Waals surface area (Å²) in [7, 11) is 0. The van der Waals surface area contributed by atoms with Gasteiger partial charge in [-0.2, -0.15) is 0 Å². The Labute approximate surface area is 127 Å². The molecule has 20 heavy (non-hydrogen) atoms. The van der Waals surface area contributed by atoms with Crippen molar-refractivity contribution in [3.63, 3.8) is 0 Å². The van der Waals surface area contributed by atoms with Gasteiger partial charge in [0.15, 0.2) is 0 Å². The lowest BCUT2D eigenvalue weighted by atomic mass is 9.97. The SMILES string of the molecule is CC(Cc1ccc(Br)cc1)NC(=O)C1CCC(=O)NC1. The zero-order valence-corrected chi connectivity index (χ0v) is 13.1. The number of hydrogen-bond acceptors (Lipinski definition) is 2. The van der Waals surface area contributed by atoms with Gasteiger partial charge < -0.3 is 10.6 Å².